The van der Waals surface area contributed by atoms with Gasteiger partial charge in [-0.1, -0.05) is 17.7 Å². The molecule has 0 radical (unpaired) electrons. The van der Waals surface area contributed by atoms with Gasteiger partial charge in [-0.25, -0.2) is 0 Å². The van der Waals surface area contributed by atoms with Crippen LogP contribution in [0.15, 0.2) is 30.6 Å². The lowest BCUT2D eigenvalue weighted by Crippen LogP contribution is -2.26. The Bertz CT molecular complexity index is 606. The van der Waals surface area contributed by atoms with Crippen molar-refractivity contribution in [3.63, 3.8) is 0 Å². The number of carbonyl (C=O) groups excluding carboxylic acids is 1. The first-order chi connectivity index (χ1) is 8.97. The van der Waals surface area contributed by atoms with Crippen LogP contribution in [0.3, 0.4) is 0 Å². The summed E-state index contributed by atoms with van der Waals surface area (Å²) in [4.78, 5) is 12.1. The second kappa shape index (κ2) is 5.45. The van der Waals surface area contributed by atoms with Crippen LogP contribution in [0.4, 0.5) is 0 Å². The molecule has 0 aliphatic heterocycles. The van der Waals surface area contributed by atoms with Gasteiger partial charge < -0.3 is 5.32 Å². The number of hydrogen-bond donors (Lipinski definition) is 1. The fourth-order valence-electron chi connectivity index (χ4n) is 1.83. The van der Waals surface area contributed by atoms with Crippen molar-refractivity contribution in [2.75, 3.05) is 0 Å². The molecule has 100 valence electrons. The number of carbonyl (C=O) groups is 1. The molecule has 1 N–H and O–H groups in total. The molecule has 1 atom stereocenters. The molecule has 5 heteroatoms. The van der Waals surface area contributed by atoms with Crippen LogP contribution in [0.1, 0.15) is 34.5 Å². The molecular weight excluding hydrogens is 262 g/mol. The number of benzene rings is 1. The zero-order valence-electron chi connectivity index (χ0n) is 11.1. The van der Waals surface area contributed by atoms with E-state index in [1.807, 2.05) is 33.2 Å². The number of aromatic nitrogens is 2. The van der Waals surface area contributed by atoms with E-state index in [1.165, 1.54) is 0 Å². The number of hydrogen-bond acceptors (Lipinski definition) is 2. The molecule has 0 aliphatic rings. The number of halogens is 1. The Morgan fingerprint density at radius 1 is 1.47 bits per heavy atom. The van der Waals surface area contributed by atoms with E-state index in [9.17, 15) is 4.79 Å². The first-order valence-corrected chi connectivity index (χ1v) is 6.40. The van der Waals surface area contributed by atoms with Gasteiger partial charge >= 0.3 is 0 Å². The quantitative estimate of drug-likeness (QED) is 0.938. The second-order valence-electron chi connectivity index (χ2n) is 4.63. The fraction of sp³-hybridized carbons (Fsp3) is 0.286. The van der Waals surface area contributed by atoms with Crippen molar-refractivity contribution in [2.24, 2.45) is 7.05 Å². The van der Waals surface area contributed by atoms with Crippen LogP contribution in [-0.2, 0) is 7.05 Å². The van der Waals surface area contributed by atoms with E-state index >= 15 is 0 Å². The molecule has 2 aromatic rings. The lowest BCUT2D eigenvalue weighted by Gasteiger charge is -2.13. The van der Waals surface area contributed by atoms with Crippen molar-refractivity contribution in [3.8, 4) is 0 Å². The Hall–Kier alpha value is -1.81. The average molecular weight is 278 g/mol. The summed E-state index contributed by atoms with van der Waals surface area (Å²) in [6.45, 7) is 3.85. The highest BCUT2D eigenvalue weighted by molar-refractivity contribution is 6.33. The number of aryl methyl sites for hydroxylation is 2. The van der Waals surface area contributed by atoms with Gasteiger partial charge in [0, 0.05) is 18.8 Å². The van der Waals surface area contributed by atoms with Crippen LogP contribution in [0, 0.1) is 6.92 Å². The number of rotatable bonds is 3. The van der Waals surface area contributed by atoms with Crippen LogP contribution >= 0.6 is 11.6 Å². The van der Waals surface area contributed by atoms with Gasteiger partial charge in [-0.15, -0.1) is 0 Å². The minimum absolute atomic E-state index is 0.112. The standard InChI is InChI=1S/C14H16ClN3O/c1-9-4-5-12(13(15)6-9)14(19)17-10(2)11-7-16-18(3)8-11/h4-8,10H,1-3H3,(H,17,19)/t10-/m1/s1. The van der Waals surface area contributed by atoms with Crippen LogP contribution in [-0.4, -0.2) is 15.7 Å². The van der Waals surface area contributed by atoms with Gasteiger partial charge in [0.15, 0.2) is 0 Å². The van der Waals surface area contributed by atoms with Crippen molar-refractivity contribution in [3.05, 3.63) is 52.3 Å². The third-order valence-electron chi connectivity index (χ3n) is 2.94. The summed E-state index contributed by atoms with van der Waals surface area (Å²) in [6.07, 6.45) is 3.61. The molecule has 0 unspecified atom stereocenters. The van der Waals surface area contributed by atoms with Gasteiger partial charge in [-0.2, -0.15) is 5.10 Å². The maximum Gasteiger partial charge on any atom is 0.253 e. The van der Waals surface area contributed by atoms with Crippen molar-refractivity contribution in [1.82, 2.24) is 15.1 Å². The average Bonchev–Trinajstić information content (AvgIpc) is 2.75. The molecule has 2 rings (SSSR count). The highest BCUT2D eigenvalue weighted by Crippen LogP contribution is 2.19. The molecule has 19 heavy (non-hydrogen) atoms. The third kappa shape index (κ3) is 3.15. The van der Waals surface area contributed by atoms with Crippen LogP contribution < -0.4 is 5.32 Å². The molecule has 1 aromatic carbocycles. The molecule has 1 aromatic heterocycles. The number of amides is 1. The van der Waals surface area contributed by atoms with E-state index in [4.69, 9.17) is 11.6 Å². The molecular formula is C14H16ClN3O. The van der Waals surface area contributed by atoms with Crippen LogP contribution in [0.5, 0.6) is 0 Å². The zero-order chi connectivity index (χ0) is 14.0. The van der Waals surface area contributed by atoms with Gasteiger partial charge in [0.25, 0.3) is 5.91 Å². The zero-order valence-corrected chi connectivity index (χ0v) is 11.9. The van der Waals surface area contributed by atoms with E-state index < -0.39 is 0 Å². The smallest absolute Gasteiger partial charge is 0.253 e. The molecule has 0 spiro atoms. The Labute approximate surface area is 117 Å². The van der Waals surface area contributed by atoms with Gasteiger partial charge in [0.2, 0.25) is 0 Å². The van der Waals surface area contributed by atoms with Crippen LogP contribution in [0.2, 0.25) is 5.02 Å². The van der Waals surface area contributed by atoms with E-state index in [2.05, 4.69) is 10.4 Å². The van der Waals surface area contributed by atoms with Crippen molar-refractivity contribution in [1.29, 1.82) is 0 Å². The molecule has 1 amide bonds. The summed E-state index contributed by atoms with van der Waals surface area (Å²) in [6, 6.07) is 5.28. The van der Waals surface area contributed by atoms with Crippen molar-refractivity contribution < 1.29 is 4.79 Å². The number of nitrogens with one attached hydrogen (secondary N) is 1. The Balaban J connectivity index is 2.12. The molecule has 0 aliphatic carbocycles. The van der Waals surface area contributed by atoms with E-state index in [0.29, 0.717) is 10.6 Å². The Morgan fingerprint density at radius 2 is 2.21 bits per heavy atom. The molecule has 0 saturated carbocycles. The molecule has 0 fully saturated rings. The van der Waals surface area contributed by atoms with E-state index in [-0.39, 0.29) is 11.9 Å². The monoisotopic (exact) mass is 277 g/mol. The van der Waals surface area contributed by atoms with Gasteiger partial charge in [0.05, 0.1) is 22.8 Å². The maximum atomic E-state index is 12.1. The minimum atomic E-state index is -0.179. The van der Waals surface area contributed by atoms with Crippen LogP contribution in [0.25, 0.3) is 0 Å². The third-order valence-corrected chi connectivity index (χ3v) is 3.25. The summed E-state index contributed by atoms with van der Waals surface area (Å²) in [5.74, 6) is -0.179. The van der Waals surface area contributed by atoms with Crippen molar-refractivity contribution >= 4 is 17.5 Å². The summed E-state index contributed by atoms with van der Waals surface area (Å²) in [7, 11) is 1.84. The molecule has 4 nitrogen and oxygen atoms in total. The van der Waals surface area contributed by atoms with Gasteiger partial charge in [-0.05, 0) is 31.5 Å². The molecule has 1 heterocycles. The summed E-state index contributed by atoms with van der Waals surface area (Å²) < 4.78 is 1.71. The highest BCUT2D eigenvalue weighted by Gasteiger charge is 2.15. The topological polar surface area (TPSA) is 46.9 Å². The minimum Gasteiger partial charge on any atom is -0.345 e. The van der Waals surface area contributed by atoms with E-state index in [1.54, 1.807) is 23.0 Å². The van der Waals surface area contributed by atoms with Crippen molar-refractivity contribution in [2.45, 2.75) is 19.9 Å². The first kappa shape index (κ1) is 13.6. The largest absolute Gasteiger partial charge is 0.345 e. The Morgan fingerprint density at radius 3 is 2.79 bits per heavy atom. The summed E-state index contributed by atoms with van der Waals surface area (Å²) in [5, 5.41) is 7.46. The molecule has 0 saturated heterocycles. The summed E-state index contributed by atoms with van der Waals surface area (Å²) >= 11 is 6.08. The maximum absolute atomic E-state index is 12.1. The normalized spacial score (nSPS) is 12.2. The molecule has 0 bridgehead atoms. The SMILES string of the molecule is Cc1ccc(C(=O)N[C@H](C)c2cnn(C)c2)c(Cl)c1. The highest BCUT2D eigenvalue weighted by atomic mass is 35.5. The lowest BCUT2D eigenvalue weighted by molar-refractivity contribution is 0.0940. The number of nitrogens with zero attached hydrogens (tertiary/aromatic N) is 2. The first-order valence-electron chi connectivity index (χ1n) is 6.03. The van der Waals surface area contributed by atoms with Gasteiger partial charge in [-0.3, -0.25) is 9.48 Å². The van der Waals surface area contributed by atoms with E-state index in [0.717, 1.165) is 11.1 Å². The lowest BCUT2D eigenvalue weighted by atomic mass is 10.1. The Kier molecular flexibility index (Phi) is 3.90. The fourth-order valence-corrected chi connectivity index (χ4v) is 2.15. The van der Waals surface area contributed by atoms with Gasteiger partial charge in [0.1, 0.15) is 0 Å². The second-order valence-corrected chi connectivity index (χ2v) is 5.03. The summed E-state index contributed by atoms with van der Waals surface area (Å²) in [5.41, 5.74) is 2.48. The predicted octanol–water partition coefficient (Wildman–Crippen LogP) is 2.87. The predicted molar refractivity (Wildman–Crippen MR) is 75.3 cm³/mol.